The topological polar surface area (TPSA) is 126 Å². The fourth-order valence-corrected chi connectivity index (χ4v) is 4.19. The van der Waals surface area contributed by atoms with Gasteiger partial charge >= 0.3 is 12.1 Å². The van der Waals surface area contributed by atoms with Crippen LogP contribution in [0.1, 0.15) is 55.6 Å². The predicted molar refractivity (Wildman–Crippen MR) is 133 cm³/mol. The highest BCUT2D eigenvalue weighted by atomic mass is 32.1. The highest BCUT2D eigenvalue weighted by molar-refractivity contribution is 7.09. The third-order valence-corrected chi connectivity index (χ3v) is 6.74. The molecule has 0 saturated carbocycles. The summed E-state index contributed by atoms with van der Waals surface area (Å²) in [5, 5.41) is 11.3. The highest BCUT2D eigenvalue weighted by Crippen LogP contribution is 2.19. The van der Waals surface area contributed by atoms with Crippen molar-refractivity contribution in [3.05, 3.63) is 32.7 Å². The van der Waals surface area contributed by atoms with Crippen molar-refractivity contribution in [1.29, 1.82) is 0 Å². The first-order valence-corrected chi connectivity index (χ1v) is 12.9. The third kappa shape index (κ3) is 9.26. The zero-order valence-corrected chi connectivity index (χ0v) is 21.9. The second kappa shape index (κ2) is 13.9. The molecule has 0 aromatic carbocycles. The van der Waals surface area contributed by atoms with Crippen LogP contribution in [0.15, 0.2) is 17.1 Å². The van der Waals surface area contributed by atoms with E-state index in [0.717, 1.165) is 15.6 Å². The van der Waals surface area contributed by atoms with E-state index in [-0.39, 0.29) is 24.5 Å². The van der Waals surface area contributed by atoms with Gasteiger partial charge in [-0.05, 0) is 12.3 Å². The standard InChI is InChI=1S/C22H34N6O4S2/c1-14(2)18(27-21(30)28(5)10-16-12-33-20(26-16)15(3)4)19(29)24-7-6-8-25-22(31)32-11-17-9-23-13-34-17/h9,12-15,18H,6-8,10-11H2,1-5H3,(H,24,29)(H,25,31)(H,27,30)/t18-/m0/s1. The number of hydrogen-bond acceptors (Lipinski definition) is 8. The second-order valence-corrected chi connectivity index (χ2v) is 10.3. The van der Waals surface area contributed by atoms with Crippen molar-refractivity contribution in [1.82, 2.24) is 30.8 Å². The molecule has 1 atom stereocenters. The minimum absolute atomic E-state index is 0.0935. The Morgan fingerprint density at radius 3 is 2.47 bits per heavy atom. The number of amides is 4. The fraction of sp³-hybridized carbons (Fsp3) is 0.591. The highest BCUT2D eigenvalue weighted by Gasteiger charge is 2.25. The lowest BCUT2D eigenvalue weighted by molar-refractivity contribution is -0.123. The van der Waals surface area contributed by atoms with Gasteiger partial charge in [0.25, 0.3) is 0 Å². The van der Waals surface area contributed by atoms with Gasteiger partial charge in [0.05, 0.1) is 27.6 Å². The minimum atomic E-state index is -0.672. The summed E-state index contributed by atoms with van der Waals surface area (Å²) in [6.45, 7) is 9.18. The van der Waals surface area contributed by atoms with Crippen LogP contribution in [0.5, 0.6) is 0 Å². The molecule has 3 N–H and O–H groups in total. The maximum Gasteiger partial charge on any atom is 0.407 e. The first-order valence-electron chi connectivity index (χ1n) is 11.2. The van der Waals surface area contributed by atoms with Gasteiger partial charge in [-0.1, -0.05) is 27.7 Å². The zero-order chi connectivity index (χ0) is 25.1. The van der Waals surface area contributed by atoms with Gasteiger partial charge in [0, 0.05) is 37.6 Å². The fourth-order valence-electron chi connectivity index (χ4n) is 2.85. The Labute approximate surface area is 208 Å². The molecule has 2 heterocycles. The molecule has 0 unspecified atom stereocenters. The van der Waals surface area contributed by atoms with Crippen LogP contribution in [0.25, 0.3) is 0 Å². The molecule has 0 aliphatic carbocycles. The van der Waals surface area contributed by atoms with Crippen LogP contribution in [0.3, 0.4) is 0 Å². The lowest BCUT2D eigenvalue weighted by atomic mass is 10.0. The number of alkyl carbamates (subject to hydrolysis) is 1. The number of hydrogen-bond donors (Lipinski definition) is 3. The number of aromatic nitrogens is 2. The van der Waals surface area contributed by atoms with Gasteiger partial charge in [0.1, 0.15) is 12.6 Å². The molecule has 0 aliphatic rings. The summed E-state index contributed by atoms with van der Waals surface area (Å²) in [6, 6.07) is -1.01. The molecule has 0 fully saturated rings. The third-order valence-electron chi connectivity index (χ3n) is 4.79. The maximum atomic E-state index is 12.7. The van der Waals surface area contributed by atoms with E-state index in [1.54, 1.807) is 30.1 Å². The molecule has 0 saturated heterocycles. The Morgan fingerprint density at radius 2 is 1.85 bits per heavy atom. The van der Waals surface area contributed by atoms with Crippen LogP contribution in [-0.4, -0.2) is 59.1 Å². The number of thiazole rings is 2. The Morgan fingerprint density at radius 1 is 1.12 bits per heavy atom. The Hall–Kier alpha value is -2.73. The van der Waals surface area contributed by atoms with E-state index < -0.39 is 12.1 Å². The van der Waals surface area contributed by atoms with Crippen molar-refractivity contribution in [2.45, 2.75) is 59.2 Å². The van der Waals surface area contributed by atoms with Crippen molar-refractivity contribution in [2.75, 3.05) is 20.1 Å². The minimum Gasteiger partial charge on any atom is -0.444 e. The van der Waals surface area contributed by atoms with Gasteiger partial charge in [-0.3, -0.25) is 9.78 Å². The molecule has 4 amide bonds. The number of nitrogens with one attached hydrogen (secondary N) is 3. The Kier molecular flexibility index (Phi) is 11.2. The predicted octanol–water partition coefficient (Wildman–Crippen LogP) is 3.32. The molecule has 2 aromatic rings. The van der Waals surface area contributed by atoms with Crippen molar-refractivity contribution >= 4 is 40.7 Å². The molecule has 34 heavy (non-hydrogen) atoms. The van der Waals surface area contributed by atoms with E-state index in [4.69, 9.17) is 4.74 Å². The molecule has 0 spiro atoms. The van der Waals surface area contributed by atoms with E-state index in [1.165, 1.54) is 16.2 Å². The van der Waals surface area contributed by atoms with Gasteiger partial charge in [-0.25, -0.2) is 14.6 Å². The van der Waals surface area contributed by atoms with Crippen molar-refractivity contribution in [2.24, 2.45) is 5.92 Å². The number of ether oxygens (including phenoxy) is 1. The van der Waals surface area contributed by atoms with Gasteiger partial charge in [-0.15, -0.1) is 22.7 Å². The molecule has 10 nitrogen and oxygen atoms in total. The molecule has 0 bridgehead atoms. The van der Waals surface area contributed by atoms with Crippen LogP contribution < -0.4 is 16.0 Å². The van der Waals surface area contributed by atoms with Crippen LogP contribution in [0.2, 0.25) is 0 Å². The smallest absolute Gasteiger partial charge is 0.407 e. The van der Waals surface area contributed by atoms with Crippen LogP contribution >= 0.6 is 22.7 Å². The van der Waals surface area contributed by atoms with E-state index in [9.17, 15) is 14.4 Å². The molecule has 2 aromatic heterocycles. The number of carbonyl (C=O) groups is 3. The van der Waals surface area contributed by atoms with Gasteiger partial charge in [0.15, 0.2) is 0 Å². The second-order valence-electron chi connectivity index (χ2n) is 8.47. The van der Waals surface area contributed by atoms with E-state index in [2.05, 4.69) is 39.8 Å². The van der Waals surface area contributed by atoms with Crippen molar-refractivity contribution in [3.63, 3.8) is 0 Å². The first kappa shape index (κ1) is 27.5. The number of rotatable bonds is 12. The van der Waals surface area contributed by atoms with Gasteiger partial charge in [-0.2, -0.15) is 0 Å². The van der Waals surface area contributed by atoms with Crippen LogP contribution in [0.4, 0.5) is 9.59 Å². The monoisotopic (exact) mass is 510 g/mol. The van der Waals surface area contributed by atoms with Crippen LogP contribution in [0, 0.1) is 5.92 Å². The van der Waals surface area contributed by atoms with E-state index in [1.807, 2.05) is 19.2 Å². The zero-order valence-electron chi connectivity index (χ0n) is 20.3. The summed E-state index contributed by atoms with van der Waals surface area (Å²) in [5.41, 5.74) is 2.50. The summed E-state index contributed by atoms with van der Waals surface area (Å²) in [5.74, 6) is -0.0131. The lowest BCUT2D eigenvalue weighted by Crippen LogP contribution is -2.52. The maximum absolute atomic E-state index is 12.7. The molecular formula is C22H34N6O4S2. The number of nitrogens with zero attached hydrogens (tertiary/aromatic N) is 3. The average Bonchev–Trinajstić information content (AvgIpc) is 3.47. The SMILES string of the molecule is CC(C)c1nc(CN(C)C(=O)N[C@H](C(=O)NCCCNC(=O)OCc2cncs2)C(C)C)cs1. The van der Waals surface area contributed by atoms with Crippen molar-refractivity contribution < 1.29 is 19.1 Å². The molecule has 0 aliphatic heterocycles. The normalized spacial score (nSPS) is 11.9. The van der Waals surface area contributed by atoms with E-state index >= 15 is 0 Å². The molecule has 2 rings (SSSR count). The molecule has 0 radical (unpaired) electrons. The van der Waals surface area contributed by atoms with Gasteiger partial charge in [0.2, 0.25) is 5.91 Å². The molecular weight excluding hydrogens is 476 g/mol. The summed E-state index contributed by atoms with van der Waals surface area (Å²) in [7, 11) is 1.68. The Bertz CT molecular complexity index is 916. The van der Waals surface area contributed by atoms with Crippen LogP contribution in [-0.2, 0) is 22.7 Å². The van der Waals surface area contributed by atoms with E-state index in [0.29, 0.717) is 32.0 Å². The first-order chi connectivity index (χ1) is 16.2. The largest absolute Gasteiger partial charge is 0.444 e. The number of urea groups is 1. The molecule has 12 heteroatoms. The summed E-state index contributed by atoms with van der Waals surface area (Å²) in [6.07, 6.45) is 1.66. The summed E-state index contributed by atoms with van der Waals surface area (Å²) < 4.78 is 5.08. The average molecular weight is 511 g/mol. The van der Waals surface area contributed by atoms with Crippen molar-refractivity contribution in [3.8, 4) is 0 Å². The number of carbonyl (C=O) groups excluding carboxylic acids is 3. The van der Waals surface area contributed by atoms with Gasteiger partial charge < -0.3 is 25.6 Å². The summed E-state index contributed by atoms with van der Waals surface area (Å²) in [4.78, 5) is 47.8. The lowest BCUT2D eigenvalue weighted by Gasteiger charge is -2.25. The quantitative estimate of drug-likeness (QED) is 0.376. The summed E-state index contributed by atoms with van der Waals surface area (Å²) >= 11 is 3.00. The molecule has 188 valence electrons. The Balaban J connectivity index is 1.69.